The number of unbranched alkanes of at least 4 members (excludes halogenated alkanes) is 2. The molecule has 0 bridgehead atoms. The molecule has 1 aliphatic rings. The average Bonchev–Trinajstić information content (AvgIpc) is 3.12. The van der Waals surface area contributed by atoms with E-state index in [0.717, 1.165) is 51.6 Å². The lowest BCUT2D eigenvalue weighted by atomic mass is 10.1. The third-order valence-electron chi connectivity index (χ3n) is 4.59. The van der Waals surface area contributed by atoms with Crippen molar-refractivity contribution in [2.75, 3.05) is 11.3 Å². The van der Waals surface area contributed by atoms with Gasteiger partial charge in [0.15, 0.2) is 0 Å². The summed E-state index contributed by atoms with van der Waals surface area (Å²) in [5.41, 5.74) is 2.38. The van der Waals surface area contributed by atoms with Crippen LogP contribution in [0, 0.1) is 0 Å². The molecular formula is C21H23F3N2O2S. The van der Waals surface area contributed by atoms with Gasteiger partial charge in [-0.3, -0.25) is 4.79 Å². The maximum Gasteiger partial charge on any atom is 0.471 e. The summed E-state index contributed by atoms with van der Waals surface area (Å²) in [6, 6.07) is 13.1. The van der Waals surface area contributed by atoms with Gasteiger partial charge in [0.1, 0.15) is 5.75 Å². The molecule has 8 heteroatoms. The third-order valence-corrected chi connectivity index (χ3v) is 5.41. The molecule has 0 aromatic heterocycles. The fraction of sp³-hybridized carbons (Fsp3) is 0.381. The molecule has 0 atom stereocenters. The number of carbonyl (C=O) groups is 1. The van der Waals surface area contributed by atoms with Gasteiger partial charge in [-0.25, -0.2) is 0 Å². The number of carbonyl (C=O) groups excluding carboxylic acids is 1. The van der Waals surface area contributed by atoms with Crippen LogP contribution in [0.1, 0.15) is 37.3 Å². The number of fused-ring (bicyclic) bond motifs is 1. The highest BCUT2D eigenvalue weighted by molar-refractivity contribution is 8.00. The fourth-order valence-electron chi connectivity index (χ4n) is 3.04. The fourth-order valence-corrected chi connectivity index (χ4v) is 3.75. The first-order chi connectivity index (χ1) is 13.9. The predicted molar refractivity (Wildman–Crippen MR) is 108 cm³/mol. The van der Waals surface area contributed by atoms with E-state index < -0.39 is 12.1 Å². The summed E-state index contributed by atoms with van der Waals surface area (Å²) in [4.78, 5) is 13.1. The summed E-state index contributed by atoms with van der Waals surface area (Å²) in [6.07, 6.45) is -1.49. The maximum absolute atomic E-state index is 12.6. The molecule has 1 heterocycles. The van der Waals surface area contributed by atoms with Crippen LogP contribution < -0.4 is 9.46 Å². The minimum Gasteiger partial charge on any atom is -0.494 e. The Hall–Kier alpha value is -2.35. The summed E-state index contributed by atoms with van der Waals surface area (Å²) < 4.78 is 46.8. The zero-order chi connectivity index (χ0) is 20.9. The van der Waals surface area contributed by atoms with Crippen LogP contribution in [0.15, 0.2) is 47.4 Å². The zero-order valence-corrected chi connectivity index (χ0v) is 16.9. The number of alkyl halides is 3. The quantitative estimate of drug-likeness (QED) is 0.431. The number of nitrogens with one attached hydrogen (secondary N) is 1. The molecule has 0 saturated carbocycles. The number of ether oxygens (including phenoxy) is 1. The Bertz CT molecular complexity index is 841. The summed E-state index contributed by atoms with van der Waals surface area (Å²) in [6.45, 7) is 2.83. The van der Waals surface area contributed by atoms with Gasteiger partial charge in [-0.1, -0.05) is 25.8 Å². The highest BCUT2D eigenvalue weighted by Crippen LogP contribution is 2.31. The first-order valence-electron chi connectivity index (χ1n) is 9.50. The van der Waals surface area contributed by atoms with E-state index >= 15 is 0 Å². The molecule has 1 N–H and O–H groups in total. The Labute approximate surface area is 172 Å². The summed E-state index contributed by atoms with van der Waals surface area (Å²) in [5.74, 6) is -0.971. The van der Waals surface area contributed by atoms with E-state index in [4.69, 9.17) is 4.74 Å². The van der Waals surface area contributed by atoms with Crippen molar-refractivity contribution in [2.45, 2.75) is 50.3 Å². The molecule has 0 aliphatic carbocycles. The van der Waals surface area contributed by atoms with Crippen molar-refractivity contribution in [3.05, 3.63) is 53.6 Å². The number of benzene rings is 2. The number of rotatable bonds is 8. The molecular weight excluding hydrogens is 401 g/mol. The molecule has 0 saturated heterocycles. The van der Waals surface area contributed by atoms with Gasteiger partial charge in [-0.05, 0) is 65.9 Å². The van der Waals surface area contributed by atoms with Gasteiger partial charge < -0.3 is 14.4 Å². The van der Waals surface area contributed by atoms with Gasteiger partial charge in [0.25, 0.3) is 0 Å². The Morgan fingerprint density at radius 2 is 1.83 bits per heavy atom. The van der Waals surface area contributed by atoms with Gasteiger partial charge in [-0.2, -0.15) is 13.2 Å². The van der Waals surface area contributed by atoms with E-state index in [1.807, 2.05) is 36.4 Å². The standard InChI is InChI=1S/C21H23F3N2O2S/c1-2-3-4-11-28-18-8-6-17(7-9-18)25-29-19-10-5-15-13-26(14-16(15)12-19)20(27)21(22,23)24/h5-10,12,25H,2-4,11,13-14H2,1H3. The minimum atomic E-state index is -4.84. The van der Waals surface area contributed by atoms with E-state index in [2.05, 4.69) is 11.6 Å². The highest BCUT2D eigenvalue weighted by Gasteiger charge is 2.43. The van der Waals surface area contributed by atoms with Crippen molar-refractivity contribution >= 4 is 23.5 Å². The number of amides is 1. The number of nitrogens with zero attached hydrogens (tertiary/aromatic N) is 1. The second-order valence-electron chi connectivity index (χ2n) is 6.87. The Kier molecular flexibility index (Phi) is 6.95. The molecule has 2 aromatic rings. The van der Waals surface area contributed by atoms with E-state index in [1.54, 1.807) is 6.07 Å². The monoisotopic (exact) mass is 424 g/mol. The van der Waals surface area contributed by atoms with E-state index in [9.17, 15) is 18.0 Å². The Morgan fingerprint density at radius 1 is 1.10 bits per heavy atom. The summed E-state index contributed by atoms with van der Waals surface area (Å²) in [5, 5.41) is 0. The molecule has 0 fully saturated rings. The molecule has 29 heavy (non-hydrogen) atoms. The van der Waals surface area contributed by atoms with E-state index in [0.29, 0.717) is 6.61 Å². The van der Waals surface area contributed by atoms with Crippen LogP contribution in [-0.4, -0.2) is 23.6 Å². The number of hydrogen-bond acceptors (Lipinski definition) is 4. The molecule has 156 valence electrons. The van der Waals surface area contributed by atoms with Crippen LogP contribution in [0.3, 0.4) is 0 Å². The smallest absolute Gasteiger partial charge is 0.471 e. The number of anilines is 1. The second kappa shape index (κ2) is 9.43. The van der Waals surface area contributed by atoms with Gasteiger partial charge in [0, 0.05) is 23.7 Å². The van der Waals surface area contributed by atoms with Crippen molar-refractivity contribution < 1.29 is 22.7 Å². The first-order valence-corrected chi connectivity index (χ1v) is 10.3. The molecule has 0 unspecified atom stereocenters. The van der Waals surface area contributed by atoms with Crippen LogP contribution >= 0.6 is 11.9 Å². The molecule has 0 spiro atoms. The molecule has 0 radical (unpaired) electrons. The van der Waals surface area contributed by atoms with Crippen LogP contribution in [-0.2, 0) is 17.9 Å². The average molecular weight is 424 g/mol. The molecule has 2 aromatic carbocycles. The van der Waals surface area contributed by atoms with Gasteiger partial charge in [0.2, 0.25) is 0 Å². The highest BCUT2D eigenvalue weighted by atomic mass is 32.2. The molecule has 1 amide bonds. The van der Waals surface area contributed by atoms with Crippen molar-refractivity contribution in [1.82, 2.24) is 4.90 Å². The van der Waals surface area contributed by atoms with E-state index in [-0.39, 0.29) is 13.1 Å². The predicted octanol–water partition coefficient (Wildman–Crippen LogP) is 5.78. The molecule has 3 rings (SSSR count). The largest absolute Gasteiger partial charge is 0.494 e. The topological polar surface area (TPSA) is 41.6 Å². The summed E-state index contributed by atoms with van der Waals surface area (Å²) >= 11 is 1.37. The molecule has 4 nitrogen and oxygen atoms in total. The van der Waals surface area contributed by atoms with Crippen LogP contribution in [0.5, 0.6) is 5.75 Å². The maximum atomic E-state index is 12.6. The van der Waals surface area contributed by atoms with Crippen molar-refractivity contribution in [3.63, 3.8) is 0 Å². The number of hydrogen-bond donors (Lipinski definition) is 1. The second-order valence-corrected chi connectivity index (χ2v) is 7.75. The lowest BCUT2D eigenvalue weighted by Crippen LogP contribution is -2.37. The minimum absolute atomic E-state index is 0.00816. The van der Waals surface area contributed by atoms with Gasteiger partial charge >= 0.3 is 12.1 Å². The van der Waals surface area contributed by atoms with Crippen molar-refractivity contribution in [2.24, 2.45) is 0 Å². The lowest BCUT2D eigenvalue weighted by molar-refractivity contribution is -0.186. The molecule has 1 aliphatic heterocycles. The van der Waals surface area contributed by atoms with Gasteiger partial charge in [0.05, 0.1) is 6.61 Å². The van der Waals surface area contributed by atoms with Crippen LogP contribution in [0.2, 0.25) is 0 Å². The Balaban J connectivity index is 1.52. The van der Waals surface area contributed by atoms with Crippen molar-refractivity contribution in [3.8, 4) is 5.75 Å². The first kappa shape index (κ1) is 21.4. The SMILES string of the molecule is CCCCCOc1ccc(NSc2ccc3c(c2)CN(C(=O)C(F)(F)F)C3)cc1. The lowest BCUT2D eigenvalue weighted by Gasteiger charge is -2.16. The third kappa shape index (κ3) is 5.82. The van der Waals surface area contributed by atoms with Crippen LogP contribution in [0.25, 0.3) is 0 Å². The van der Waals surface area contributed by atoms with Crippen LogP contribution in [0.4, 0.5) is 18.9 Å². The van der Waals surface area contributed by atoms with Crippen molar-refractivity contribution in [1.29, 1.82) is 0 Å². The van der Waals surface area contributed by atoms with E-state index in [1.165, 1.54) is 11.9 Å². The van der Waals surface area contributed by atoms with Gasteiger partial charge in [-0.15, -0.1) is 0 Å². The normalized spacial score (nSPS) is 13.3. The summed E-state index contributed by atoms with van der Waals surface area (Å²) in [7, 11) is 0. The Morgan fingerprint density at radius 3 is 2.52 bits per heavy atom. The zero-order valence-electron chi connectivity index (χ0n) is 16.1. The number of halogens is 3.